The number of unbranched alkanes of at least 4 members (excludes halogenated alkanes) is 6. The summed E-state index contributed by atoms with van der Waals surface area (Å²) >= 11 is 0. The molecule has 0 unspecified atom stereocenters. The van der Waals surface area contributed by atoms with E-state index in [1.54, 1.807) is 0 Å². The first-order chi connectivity index (χ1) is 22.6. The third-order valence-electron chi connectivity index (χ3n) is 8.01. The van der Waals surface area contributed by atoms with Gasteiger partial charge in [0.05, 0.1) is 34.1 Å². The van der Waals surface area contributed by atoms with Gasteiger partial charge in [-0.25, -0.2) is 0 Å². The first kappa shape index (κ1) is 45.0. The van der Waals surface area contributed by atoms with Crippen LogP contribution < -0.4 is 15.9 Å². The van der Waals surface area contributed by atoms with Gasteiger partial charge in [-0.05, 0) is 51.2 Å². The third kappa shape index (κ3) is 22.5. The van der Waals surface area contributed by atoms with Crippen LogP contribution in [0.2, 0.25) is 12.6 Å². The van der Waals surface area contributed by atoms with E-state index in [1.165, 1.54) is 0 Å². The number of Topliss-reactive ketones (excluding diaryl/α,β-unsaturated/α-hetero) is 5. The first-order valence-corrected chi connectivity index (χ1v) is 17.2. The molecule has 0 saturated heterocycles. The summed E-state index contributed by atoms with van der Waals surface area (Å²) in [6.45, 7) is 5.95. The molecule has 0 heterocycles. The van der Waals surface area contributed by atoms with Gasteiger partial charge in [-0.15, -0.1) is 0 Å². The number of carbonyl (C=O) groups is 8. The van der Waals surface area contributed by atoms with E-state index in [1.807, 2.05) is 26.0 Å². The molecule has 6 radical (unpaired) electrons. The fraction of sp³-hybridized carbons (Fsp3) is 0.765. The fourth-order valence-corrected chi connectivity index (χ4v) is 4.94. The standard InChI is InChI=1S/C34H54B3N3O8/c1-34(2,3)30(45)16-11-10-14-26(42)20-24(33(48)38-18-12-6-8-15-27(43)22-35)19-25(41)13-7-4-5-9-17-31(46)39-28(29(44)23-36)21-32(47)40-37/h24,28H,4-23H2,1-3H3,(H,38,48)(H,39,46)(H,40,47)/t24-,28+/m1/s1. The molecule has 0 aromatic heterocycles. The predicted molar refractivity (Wildman–Crippen MR) is 186 cm³/mol. The lowest BCUT2D eigenvalue weighted by Crippen LogP contribution is -2.43. The van der Waals surface area contributed by atoms with Crippen LogP contribution in [0.25, 0.3) is 0 Å². The average molecular weight is 665 g/mol. The maximum absolute atomic E-state index is 13.0. The Balaban J connectivity index is 4.78. The van der Waals surface area contributed by atoms with Crippen molar-refractivity contribution >= 4 is 70.3 Å². The Labute approximate surface area is 290 Å². The van der Waals surface area contributed by atoms with Crippen LogP contribution in [0.5, 0.6) is 0 Å². The Morgan fingerprint density at radius 2 is 1.08 bits per heavy atom. The molecule has 11 nitrogen and oxygen atoms in total. The van der Waals surface area contributed by atoms with Crippen LogP contribution in [0, 0.1) is 11.3 Å². The summed E-state index contributed by atoms with van der Waals surface area (Å²) in [5, 5.41) is 7.26. The molecule has 3 amide bonds. The van der Waals surface area contributed by atoms with Crippen LogP contribution >= 0.6 is 0 Å². The first-order valence-electron chi connectivity index (χ1n) is 17.2. The summed E-state index contributed by atoms with van der Waals surface area (Å²) < 4.78 is 0. The van der Waals surface area contributed by atoms with E-state index in [4.69, 9.17) is 23.7 Å². The van der Waals surface area contributed by atoms with E-state index in [2.05, 4.69) is 10.6 Å². The van der Waals surface area contributed by atoms with Crippen molar-refractivity contribution in [3.8, 4) is 0 Å². The largest absolute Gasteiger partial charge is 0.409 e. The van der Waals surface area contributed by atoms with Crippen LogP contribution in [0.3, 0.4) is 0 Å². The minimum Gasteiger partial charge on any atom is -0.409 e. The van der Waals surface area contributed by atoms with Crippen molar-refractivity contribution in [3.05, 3.63) is 0 Å². The molecule has 262 valence electrons. The van der Waals surface area contributed by atoms with E-state index < -0.39 is 35.0 Å². The minimum atomic E-state index is -1.05. The highest BCUT2D eigenvalue weighted by Crippen LogP contribution is 2.20. The molecule has 0 aromatic carbocycles. The highest BCUT2D eigenvalue weighted by molar-refractivity contribution is 6.22. The van der Waals surface area contributed by atoms with E-state index in [0.29, 0.717) is 70.8 Å². The zero-order valence-corrected chi connectivity index (χ0v) is 29.3. The van der Waals surface area contributed by atoms with Gasteiger partial charge in [-0.1, -0.05) is 40.0 Å². The fourth-order valence-electron chi connectivity index (χ4n) is 4.94. The van der Waals surface area contributed by atoms with Crippen molar-refractivity contribution in [2.24, 2.45) is 11.3 Å². The SMILES string of the molecule is [B]CC(=O)CCCCCNC(=O)[C@H](CC(=O)CCCCCCC(=O)N[C@@H](CC(=O)N[B])C(=O)C[B])CC(=O)CCCCC(=O)C(C)(C)C. The second kappa shape index (κ2) is 25.9. The number of hydrogen-bond donors (Lipinski definition) is 3. The Morgan fingerprint density at radius 3 is 1.60 bits per heavy atom. The molecule has 2 atom stereocenters. The van der Waals surface area contributed by atoms with Gasteiger partial charge < -0.3 is 20.7 Å². The van der Waals surface area contributed by atoms with Gasteiger partial charge >= 0.3 is 0 Å². The topological polar surface area (TPSA) is 173 Å². The van der Waals surface area contributed by atoms with Crippen molar-refractivity contribution in [3.63, 3.8) is 0 Å². The Bertz CT molecular complexity index is 1080. The van der Waals surface area contributed by atoms with Crippen molar-refractivity contribution in [2.75, 3.05) is 6.54 Å². The second-order valence-corrected chi connectivity index (χ2v) is 13.4. The molecule has 0 rings (SSSR count). The van der Waals surface area contributed by atoms with Crippen LogP contribution in [0.15, 0.2) is 0 Å². The van der Waals surface area contributed by atoms with Crippen molar-refractivity contribution in [2.45, 2.75) is 149 Å². The summed E-state index contributed by atoms with van der Waals surface area (Å²) in [5.74, 6) is -2.74. The second-order valence-electron chi connectivity index (χ2n) is 13.4. The quantitative estimate of drug-likeness (QED) is 0.0808. The number of rotatable bonds is 29. The van der Waals surface area contributed by atoms with E-state index >= 15 is 0 Å². The Kier molecular flexibility index (Phi) is 24.3. The average Bonchev–Trinajstić information content (AvgIpc) is 3.04. The van der Waals surface area contributed by atoms with Gasteiger partial charge in [0.2, 0.25) is 25.7 Å². The smallest absolute Gasteiger partial charge is 0.226 e. The number of carbonyl (C=O) groups excluding carboxylic acids is 8. The van der Waals surface area contributed by atoms with Crippen molar-refractivity contribution in [1.29, 1.82) is 0 Å². The molecule has 0 aliphatic heterocycles. The molecular formula is C34H54B3N3O8. The van der Waals surface area contributed by atoms with Gasteiger partial charge in [0.1, 0.15) is 28.9 Å². The highest BCUT2D eigenvalue weighted by atomic mass is 16.2. The Morgan fingerprint density at radius 1 is 0.583 bits per heavy atom. The third-order valence-corrected chi connectivity index (χ3v) is 8.01. The molecule has 0 aromatic rings. The van der Waals surface area contributed by atoms with Crippen LogP contribution in [-0.4, -0.2) is 82.9 Å². The Hall–Kier alpha value is -3.05. The van der Waals surface area contributed by atoms with Crippen molar-refractivity contribution < 1.29 is 38.4 Å². The summed E-state index contributed by atoms with van der Waals surface area (Å²) in [6, 6.07) is -1.05. The number of amides is 3. The number of ketones is 5. The number of hydrogen-bond acceptors (Lipinski definition) is 8. The molecule has 0 fully saturated rings. The van der Waals surface area contributed by atoms with Gasteiger partial charge in [0.25, 0.3) is 0 Å². The zero-order chi connectivity index (χ0) is 36.5. The lowest BCUT2D eigenvalue weighted by atomic mass is 9.87. The lowest BCUT2D eigenvalue weighted by Gasteiger charge is -2.17. The van der Waals surface area contributed by atoms with Gasteiger partial charge in [-0.2, -0.15) is 0 Å². The van der Waals surface area contributed by atoms with Gasteiger partial charge in [0, 0.05) is 56.9 Å². The zero-order valence-electron chi connectivity index (χ0n) is 29.3. The maximum Gasteiger partial charge on any atom is 0.226 e. The van der Waals surface area contributed by atoms with Crippen LogP contribution in [0.4, 0.5) is 0 Å². The number of nitrogens with one attached hydrogen (secondary N) is 3. The maximum atomic E-state index is 13.0. The molecule has 0 aliphatic rings. The normalized spacial score (nSPS) is 12.4. The molecule has 0 aliphatic carbocycles. The highest BCUT2D eigenvalue weighted by Gasteiger charge is 2.25. The molecule has 14 heteroatoms. The van der Waals surface area contributed by atoms with E-state index in [-0.39, 0.29) is 80.2 Å². The van der Waals surface area contributed by atoms with Gasteiger partial charge in [0.15, 0.2) is 0 Å². The minimum absolute atomic E-state index is 0.00990. The summed E-state index contributed by atoms with van der Waals surface area (Å²) in [7, 11) is 15.7. The summed E-state index contributed by atoms with van der Waals surface area (Å²) in [6.07, 6.45) is 6.23. The molecule has 3 N–H and O–H groups in total. The summed E-state index contributed by atoms with van der Waals surface area (Å²) in [4.78, 5) is 97.8. The summed E-state index contributed by atoms with van der Waals surface area (Å²) in [5.41, 5.74) is -0.428. The lowest BCUT2D eigenvalue weighted by molar-refractivity contribution is -0.132. The molecule has 48 heavy (non-hydrogen) atoms. The molecule has 0 bridgehead atoms. The van der Waals surface area contributed by atoms with Crippen molar-refractivity contribution in [1.82, 2.24) is 15.9 Å². The molecule has 0 spiro atoms. The van der Waals surface area contributed by atoms with E-state index in [0.717, 1.165) is 6.42 Å². The monoisotopic (exact) mass is 665 g/mol. The van der Waals surface area contributed by atoms with Gasteiger partial charge in [-0.3, -0.25) is 33.6 Å². The van der Waals surface area contributed by atoms with Crippen LogP contribution in [0.1, 0.15) is 130 Å². The molecule has 0 saturated carbocycles. The van der Waals surface area contributed by atoms with Crippen LogP contribution in [-0.2, 0) is 38.4 Å². The molecular weight excluding hydrogens is 611 g/mol. The van der Waals surface area contributed by atoms with E-state index in [9.17, 15) is 38.4 Å². The predicted octanol–water partition coefficient (Wildman–Crippen LogP) is 3.10.